The maximum Gasteiger partial charge on any atom is 0.353 e. The van der Waals surface area contributed by atoms with Crippen LogP contribution in [0, 0.1) is 0 Å². The van der Waals surface area contributed by atoms with E-state index in [1.54, 1.807) is 19.2 Å². The summed E-state index contributed by atoms with van der Waals surface area (Å²) in [5.74, 6) is 0.0148. The maximum atomic E-state index is 13.0. The molecule has 0 atom stereocenters. The molecule has 0 bridgehead atoms. The van der Waals surface area contributed by atoms with E-state index in [-0.39, 0.29) is 5.69 Å². The van der Waals surface area contributed by atoms with Gasteiger partial charge in [-0.2, -0.15) is 8.75 Å². The Hall–Kier alpha value is -5.15. The number of aromatic carboxylic acids is 1. The highest BCUT2D eigenvalue weighted by atomic mass is 32.1. The average molecular weight is 562 g/mol. The number of hydrogen-bond acceptors (Lipinski definition) is 7. The number of nitrogens with zero attached hydrogens (tertiary/aromatic N) is 3. The second kappa shape index (κ2) is 10.1. The van der Waals surface area contributed by atoms with Gasteiger partial charge in [0.1, 0.15) is 40.4 Å². The number of rotatable bonds is 8. The Morgan fingerprint density at radius 2 is 1.73 bits per heavy atom. The molecule has 0 amide bonds. The van der Waals surface area contributed by atoms with Crippen molar-refractivity contribution in [3.63, 3.8) is 0 Å². The van der Waals surface area contributed by atoms with E-state index < -0.39 is 5.97 Å². The molecule has 0 fully saturated rings. The summed E-state index contributed by atoms with van der Waals surface area (Å²) < 4.78 is 28.7. The molecular weight excluding hydrogens is 538 g/mol. The van der Waals surface area contributed by atoms with Crippen LogP contribution in [0.25, 0.3) is 44.2 Å². The van der Waals surface area contributed by atoms with Gasteiger partial charge in [-0.1, -0.05) is 48.5 Å². The Labute approximate surface area is 238 Å². The number of carbonyl (C=O) groups is 1. The highest BCUT2D eigenvalue weighted by Crippen LogP contribution is 2.45. The molecule has 0 aliphatic heterocycles. The summed E-state index contributed by atoms with van der Waals surface area (Å²) in [6.45, 7) is 0.598. The zero-order chi connectivity index (χ0) is 27.9. The van der Waals surface area contributed by atoms with Gasteiger partial charge in [-0.05, 0) is 47.5 Å². The lowest BCUT2D eigenvalue weighted by molar-refractivity contribution is 0.0687. The van der Waals surface area contributed by atoms with Crippen LogP contribution in [0.1, 0.15) is 21.6 Å². The van der Waals surface area contributed by atoms with E-state index in [2.05, 4.69) is 8.75 Å². The second-order valence-corrected chi connectivity index (χ2v) is 10.1. The minimum Gasteiger partial charge on any atom is -0.497 e. The molecule has 0 radical (unpaired) electrons. The Morgan fingerprint density at radius 3 is 2.56 bits per heavy atom. The predicted octanol–water partition coefficient (Wildman–Crippen LogP) is 7.39. The molecule has 1 N–H and O–H groups in total. The lowest BCUT2D eigenvalue weighted by Gasteiger charge is -2.14. The van der Waals surface area contributed by atoms with Crippen molar-refractivity contribution in [1.82, 2.24) is 13.3 Å². The molecule has 0 saturated carbocycles. The van der Waals surface area contributed by atoms with Gasteiger partial charge in [0.2, 0.25) is 0 Å². The molecule has 7 rings (SSSR count). The largest absolute Gasteiger partial charge is 0.497 e. The van der Waals surface area contributed by atoms with Crippen LogP contribution in [0.15, 0.2) is 95.4 Å². The molecule has 4 aromatic carbocycles. The van der Waals surface area contributed by atoms with Gasteiger partial charge in [-0.15, -0.1) is 0 Å². The molecule has 0 aliphatic rings. The Bertz CT molecular complexity index is 2060. The summed E-state index contributed by atoms with van der Waals surface area (Å²) >= 11 is 1.15. The van der Waals surface area contributed by atoms with Gasteiger partial charge < -0.3 is 23.6 Å². The van der Waals surface area contributed by atoms with Gasteiger partial charge in [0.25, 0.3) is 0 Å². The third-order valence-corrected chi connectivity index (χ3v) is 7.69. The topological polar surface area (TPSA) is 99.6 Å². The van der Waals surface area contributed by atoms with Crippen molar-refractivity contribution >= 4 is 50.8 Å². The van der Waals surface area contributed by atoms with Crippen LogP contribution in [0.2, 0.25) is 0 Å². The number of methoxy groups -OCH3 is 1. The SMILES string of the molecule is COc1ccc(-c2c(C(=O)O)n(Cc3ccc4nsnc4c3)c3c2oc2ccccc23)c(OCc2ccccc2)c1. The highest BCUT2D eigenvalue weighted by Gasteiger charge is 2.30. The molecule has 202 valence electrons. The maximum absolute atomic E-state index is 13.0. The van der Waals surface area contributed by atoms with Gasteiger partial charge in [0, 0.05) is 23.6 Å². The quantitative estimate of drug-likeness (QED) is 0.206. The summed E-state index contributed by atoms with van der Waals surface area (Å²) in [5.41, 5.74) is 6.48. The van der Waals surface area contributed by atoms with Gasteiger partial charge in [-0.25, -0.2) is 4.79 Å². The number of aromatic nitrogens is 3. The van der Waals surface area contributed by atoms with Gasteiger partial charge in [0.05, 0.1) is 29.9 Å². The first-order valence-electron chi connectivity index (χ1n) is 12.9. The van der Waals surface area contributed by atoms with E-state index in [1.807, 2.05) is 83.4 Å². The van der Waals surface area contributed by atoms with Crippen LogP contribution in [-0.2, 0) is 13.2 Å². The number of para-hydroxylation sites is 1. The first-order chi connectivity index (χ1) is 20.1. The zero-order valence-corrected chi connectivity index (χ0v) is 22.7. The molecule has 3 heterocycles. The predicted molar refractivity (Wildman–Crippen MR) is 158 cm³/mol. The number of carboxylic acids is 1. The van der Waals surface area contributed by atoms with Crippen molar-refractivity contribution < 1.29 is 23.8 Å². The number of furan rings is 1. The number of hydrogen-bond donors (Lipinski definition) is 1. The molecule has 0 aliphatic carbocycles. The standard InChI is InChI=1S/C32H23N3O5S/c1-38-21-12-13-22(27(16-21)39-18-19-7-3-2-4-8-19)28-30(32(36)37)35(17-20-11-14-24-25(15-20)34-41-33-24)29-23-9-5-6-10-26(23)40-31(28)29/h2-16H,17-18H2,1H3,(H,36,37). The van der Waals surface area contributed by atoms with Crippen molar-refractivity contribution in [2.24, 2.45) is 0 Å². The van der Waals surface area contributed by atoms with Crippen LogP contribution in [0.3, 0.4) is 0 Å². The van der Waals surface area contributed by atoms with Crippen LogP contribution >= 0.6 is 11.7 Å². The zero-order valence-electron chi connectivity index (χ0n) is 21.9. The summed E-state index contributed by atoms with van der Waals surface area (Å²) in [6, 6.07) is 28.7. The highest BCUT2D eigenvalue weighted by molar-refractivity contribution is 7.00. The van der Waals surface area contributed by atoms with Crippen LogP contribution in [-0.4, -0.2) is 31.5 Å². The molecule has 7 aromatic rings. The molecule has 0 spiro atoms. The molecule has 0 unspecified atom stereocenters. The summed E-state index contributed by atoms with van der Waals surface area (Å²) in [7, 11) is 1.58. The molecule has 0 saturated heterocycles. The Kier molecular flexibility index (Phi) is 6.13. The van der Waals surface area contributed by atoms with Crippen LogP contribution in [0.4, 0.5) is 0 Å². The Morgan fingerprint density at radius 1 is 0.927 bits per heavy atom. The fourth-order valence-electron chi connectivity index (χ4n) is 5.25. The smallest absolute Gasteiger partial charge is 0.353 e. The summed E-state index contributed by atoms with van der Waals surface area (Å²) in [5, 5.41) is 11.5. The molecule has 9 heteroatoms. The summed E-state index contributed by atoms with van der Waals surface area (Å²) in [6.07, 6.45) is 0. The van der Waals surface area contributed by atoms with E-state index >= 15 is 0 Å². The Balaban J connectivity index is 1.46. The van der Waals surface area contributed by atoms with Gasteiger partial charge in [0.15, 0.2) is 5.58 Å². The third kappa shape index (κ3) is 4.36. The van der Waals surface area contributed by atoms with Gasteiger partial charge >= 0.3 is 5.97 Å². The van der Waals surface area contributed by atoms with Crippen molar-refractivity contribution in [1.29, 1.82) is 0 Å². The molecule has 3 aromatic heterocycles. The number of benzene rings is 4. The van der Waals surface area contributed by atoms with Gasteiger partial charge in [-0.3, -0.25) is 0 Å². The van der Waals surface area contributed by atoms with Crippen LogP contribution in [0.5, 0.6) is 11.5 Å². The van der Waals surface area contributed by atoms with E-state index in [9.17, 15) is 9.90 Å². The first-order valence-corrected chi connectivity index (χ1v) is 13.7. The monoisotopic (exact) mass is 561 g/mol. The van der Waals surface area contributed by atoms with E-state index in [1.165, 1.54) is 0 Å². The van der Waals surface area contributed by atoms with Crippen molar-refractivity contribution in [3.8, 4) is 22.6 Å². The fraction of sp³-hybridized carbons (Fsp3) is 0.0938. The van der Waals surface area contributed by atoms with Crippen molar-refractivity contribution in [3.05, 3.63) is 108 Å². The third-order valence-electron chi connectivity index (χ3n) is 7.13. The van der Waals surface area contributed by atoms with Crippen molar-refractivity contribution in [2.75, 3.05) is 7.11 Å². The molecule has 41 heavy (non-hydrogen) atoms. The lowest BCUT2D eigenvalue weighted by atomic mass is 10.0. The number of ether oxygens (including phenoxy) is 2. The fourth-order valence-corrected chi connectivity index (χ4v) is 5.77. The number of fused-ring (bicyclic) bond motifs is 4. The first kappa shape index (κ1) is 24.9. The summed E-state index contributed by atoms with van der Waals surface area (Å²) in [4.78, 5) is 13.0. The van der Waals surface area contributed by atoms with E-state index in [4.69, 9.17) is 13.9 Å². The number of carboxylic acid groups (broad SMARTS) is 1. The minimum atomic E-state index is -1.07. The van der Waals surface area contributed by atoms with Crippen LogP contribution < -0.4 is 9.47 Å². The van der Waals surface area contributed by atoms with Crippen molar-refractivity contribution in [2.45, 2.75) is 13.2 Å². The van der Waals surface area contributed by atoms with E-state index in [0.29, 0.717) is 52.5 Å². The molecular formula is C32H23N3O5S. The minimum absolute atomic E-state index is 0.107. The van der Waals surface area contributed by atoms with E-state index in [0.717, 1.165) is 39.3 Å². The normalized spacial score (nSPS) is 11.4. The average Bonchev–Trinajstić information content (AvgIpc) is 3.70. The molecule has 8 nitrogen and oxygen atoms in total. The second-order valence-electron chi connectivity index (χ2n) is 9.61. The lowest BCUT2D eigenvalue weighted by Crippen LogP contribution is -2.11.